The minimum Gasteiger partial charge on any atom is -0.467 e. The average molecular weight is 321 g/mol. The van der Waals surface area contributed by atoms with Gasteiger partial charge in [-0.2, -0.15) is 0 Å². The van der Waals surface area contributed by atoms with Crippen LogP contribution in [0.1, 0.15) is 31.2 Å². The van der Waals surface area contributed by atoms with Crippen molar-refractivity contribution in [3.63, 3.8) is 0 Å². The van der Waals surface area contributed by atoms with E-state index in [9.17, 15) is 9.59 Å². The van der Waals surface area contributed by atoms with Crippen molar-refractivity contribution in [3.8, 4) is 0 Å². The number of methoxy groups -OCH3 is 1. The summed E-state index contributed by atoms with van der Waals surface area (Å²) in [7, 11) is 1.35. The number of thioether (sulfide) groups is 1. The molecular formula is C17H23NO3S. The van der Waals surface area contributed by atoms with Gasteiger partial charge in [-0.3, -0.25) is 4.79 Å². The number of hydrogen-bond acceptors (Lipinski definition) is 4. The molecule has 5 heteroatoms. The van der Waals surface area contributed by atoms with E-state index < -0.39 is 12.0 Å². The highest BCUT2D eigenvalue weighted by Gasteiger charge is 2.23. The Labute approximate surface area is 136 Å². The highest BCUT2D eigenvalue weighted by Crippen LogP contribution is 2.29. The maximum Gasteiger partial charge on any atom is 0.328 e. The molecule has 4 nitrogen and oxygen atoms in total. The molecule has 1 aromatic carbocycles. The SMILES string of the molecule is COC(=O)[C@H](Cc1ccccc1)NC(=O)CSC1CCCC1. The lowest BCUT2D eigenvalue weighted by Crippen LogP contribution is -2.44. The fourth-order valence-electron chi connectivity index (χ4n) is 2.67. The van der Waals surface area contributed by atoms with Crippen LogP contribution < -0.4 is 5.32 Å². The molecule has 120 valence electrons. The lowest BCUT2D eigenvalue weighted by molar-refractivity contribution is -0.144. The molecule has 2 rings (SSSR count). The second-order valence-corrected chi connectivity index (χ2v) is 6.84. The Morgan fingerprint density at radius 2 is 1.95 bits per heavy atom. The fraction of sp³-hybridized carbons (Fsp3) is 0.529. The third kappa shape index (κ3) is 5.37. The molecule has 0 aliphatic heterocycles. The van der Waals surface area contributed by atoms with E-state index in [-0.39, 0.29) is 5.91 Å². The lowest BCUT2D eigenvalue weighted by atomic mass is 10.1. The zero-order valence-electron chi connectivity index (χ0n) is 12.9. The topological polar surface area (TPSA) is 55.4 Å². The molecule has 0 radical (unpaired) electrons. The van der Waals surface area contributed by atoms with Crippen LogP contribution in [-0.4, -0.2) is 36.0 Å². The van der Waals surface area contributed by atoms with Crippen molar-refractivity contribution in [1.29, 1.82) is 0 Å². The molecule has 1 atom stereocenters. The van der Waals surface area contributed by atoms with E-state index in [1.807, 2.05) is 30.3 Å². The van der Waals surface area contributed by atoms with Crippen molar-refractivity contribution in [2.75, 3.05) is 12.9 Å². The first kappa shape index (κ1) is 16.9. The van der Waals surface area contributed by atoms with Gasteiger partial charge < -0.3 is 10.1 Å². The highest BCUT2D eigenvalue weighted by molar-refractivity contribution is 8.00. The normalized spacial score (nSPS) is 16.2. The second-order valence-electron chi connectivity index (χ2n) is 5.55. The molecule has 1 aliphatic carbocycles. The van der Waals surface area contributed by atoms with Gasteiger partial charge in [0.1, 0.15) is 6.04 Å². The summed E-state index contributed by atoms with van der Waals surface area (Å²) in [6.07, 6.45) is 5.37. The van der Waals surface area contributed by atoms with Crippen molar-refractivity contribution in [2.45, 2.75) is 43.4 Å². The van der Waals surface area contributed by atoms with Crippen LogP contribution in [0.4, 0.5) is 0 Å². The van der Waals surface area contributed by atoms with Crippen molar-refractivity contribution < 1.29 is 14.3 Å². The summed E-state index contributed by atoms with van der Waals surface area (Å²) in [4.78, 5) is 23.9. The summed E-state index contributed by atoms with van der Waals surface area (Å²) in [5.41, 5.74) is 1.00. The quantitative estimate of drug-likeness (QED) is 0.784. The summed E-state index contributed by atoms with van der Waals surface area (Å²) in [5, 5.41) is 3.40. The molecule has 1 saturated carbocycles. The Balaban J connectivity index is 1.85. The van der Waals surface area contributed by atoms with Crippen LogP contribution >= 0.6 is 11.8 Å². The van der Waals surface area contributed by atoms with Crippen LogP contribution in [0.5, 0.6) is 0 Å². The van der Waals surface area contributed by atoms with Crippen molar-refractivity contribution in [2.24, 2.45) is 0 Å². The van der Waals surface area contributed by atoms with Gasteiger partial charge in [-0.15, -0.1) is 11.8 Å². The van der Waals surface area contributed by atoms with Crippen LogP contribution in [0.2, 0.25) is 0 Å². The first-order chi connectivity index (χ1) is 10.7. The Morgan fingerprint density at radius 1 is 1.27 bits per heavy atom. The van der Waals surface area contributed by atoms with Crippen molar-refractivity contribution in [3.05, 3.63) is 35.9 Å². The van der Waals surface area contributed by atoms with Crippen molar-refractivity contribution in [1.82, 2.24) is 5.32 Å². The van der Waals surface area contributed by atoms with Gasteiger partial charge in [-0.1, -0.05) is 43.2 Å². The number of carbonyl (C=O) groups is 2. The van der Waals surface area contributed by atoms with Crippen LogP contribution in [0, 0.1) is 0 Å². The average Bonchev–Trinajstić information content (AvgIpc) is 3.06. The maximum atomic E-state index is 12.1. The van der Waals surface area contributed by atoms with Gasteiger partial charge in [-0.05, 0) is 18.4 Å². The van der Waals surface area contributed by atoms with E-state index in [2.05, 4.69) is 5.32 Å². The van der Waals surface area contributed by atoms with E-state index in [0.29, 0.717) is 17.4 Å². The Bertz CT molecular complexity index is 486. The number of carbonyl (C=O) groups excluding carboxylic acids is 2. The van der Waals surface area contributed by atoms with Gasteiger partial charge in [0.25, 0.3) is 0 Å². The number of nitrogens with one attached hydrogen (secondary N) is 1. The van der Waals surface area contributed by atoms with E-state index in [1.54, 1.807) is 11.8 Å². The predicted octanol–water partition coefficient (Wildman–Crippen LogP) is 2.56. The molecule has 1 N–H and O–H groups in total. The summed E-state index contributed by atoms with van der Waals surface area (Å²) < 4.78 is 4.80. The van der Waals surface area contributed by atoms with Crippen LogP contribution in [0.3, 0.4) is 0 Å². The zero-order valence-corrected chi connectivity index (χ0v) is 13.7. The van der Waals surface area contributed by atoms with Gasteiger partial charge in [0, 0.05) is 11.7 Å². The molecule has 1 aromatic rings. The maximum absolute atomic E-state index is 12.1. The number of esters is 1. The minimum absolute atomic E-state index is 0.0942. The van der Waals surface area contributed by atoms with E-state index >= 15 is 0 Å². The molecule has 0 heterocycles. The Kier molecular flexibility index (Phi) is 6.77. The van der Waals surface area contributed by atoms with Gasteiger partial charge in [0.05, 0.1) is 12.9 Å². The van der Waals surface area contributed by atoms with E-state index in [4.69, 9.17) is 4.74 Å². The summed E-state index contributed by atoms with van der Waals surface area (Å²) >= 11 is 1.70. The minimum atomic E-state index is -0.621. The largest absolute Gasteiger partial charge is 0.467 e. The molecule has 1 fully saturated rings. The van der Waals surface area contributed by atoms with Gasteiger partial charge in [0.15, 0.2) is 0 Å². The monoisotopic (exact) mass is 321 g/mol. The number of rotatable bonds is 7. The number of hydrogen-bond donors (Lipinski definition) is 1. The Hall–Kier alpha value is -1.49. The summed E-state index contributed by atoms with van der Waals surface area (Å²) in [5.74, 6) is -0.0845. The smallest absolute Gasteiger partial charge is 0.328 e. The first-order valence-electron chi connectivity index (χ1n) is 7.71. The molecule has 0 aromatic heterocycles. The first-order valence-corrected chi connectivity index (χ1v) is 8.76. The Morgan fingerprint density at radius 3 is 2.59 bits per heavy atom. The number of benzene rings is 1. The van der Waals surface area contributed by atoms with E-state index in [0.717, 1.165) is 5.56 Å². The van der Waals surface area contributed by atoms with Crippen LogP contribution in [0.25, 0.3) is 0 Å². The van der Waals surface area contributed by atoms with Gasteiger partial charge in [-0.25, -0.2) is 4.79 Å². The van der Waals surface area contributed by atoms with Gasteiger partial charge in [0.2, 0.25) is 5.91 Å². The molecule has 0 spiro atoms. The number of amides is 1. The van der Waals surface area contributed by atoms with Gasteiger partial charge >= 0.3 is 5.97 Å². The standard InChI is InChI=1S/C17H23NO3S/c1-21-17(20)15(11-13-7-3-2-4-8-13)18-16(19)12-22-14-9-5-6-10-14/h2-4,7-8,14-15H,5-6,9-12H2,1H3,(H,18,19)/t15-/m0/s1. The third-order valence-corrected chi connectivity index (χ3v) is 5.23. The molecule has 0 unspecified atom stereocenters. The lowest BCUT2D eigenvalue weighted by Gasteiger charge is -2.17. The number of ether oxygens (including phenoxy) is 1. The third-order valence-electron chi connectivity index (χ3n) is 3.86. The predicted molar refractivity (Wildman–Crippen MR) is 88.8 cm³/mol. The summed E-state index contributed by atoms with van der Waals surface area (Å²) in [6.45, 7) is 0. The van der Waals surface area contributed by atoms with Crippen LogP contribution in [0.15, 0.2) is 30.3 Å². The fourth-order valence-corrected chi connectivity index (χ4v) is 3.81. The molecule has 22 heavy (non-hydrogen) atoms. The highest BCUT2D eigenvalue weighted by atomic mass is 32.2. The zero-order chi connectivity index (χ0) is 15.8. The molecule has 1 aliphatic rings. The van der Waals surface area contributed by atoms with Crippen molar-refractivity contribution >= 4 is 23.6 Å². The molecule has 0 saturated heterocycles. The van der Waals surface area contributed by atoms with E-state index in [1.165, 1.54) is 32.8 Å². The van der Waals surface area contributed by atoms with Crippen LogP contribution in [-0.2, 0) is 20.7 Å². The molecule has 0 bridgehead atoms. The second kappa shape index (κ2) is 8.83. The molecule has 1 amide bonds. The summed E-state index contributed by atoms with van der Waals surface area (Å²) in [6, 6.07) is 9.02. The molecular weight excluding hydrogens is 298 g/mol.